The molecule has 1 saturated carbocycles. The minimum Gasteiger partial charge on any atom is -0.325 e. The highest BCUT2D eigenvalue weighted by atomic mass is 35.5. The van der Waals surface area contributed by atoms with Gasteiger partial charge < -0.3 is 5.32 Å². The van der Waals surface area contributed by atoms with Gasteiger partial charge >= 0.3 is 0 Å². The van der Waals surface area contributed by atoms with Crippen molar-refractivity contribution in [3.8, 4) is 0 Å². The molecule has 0 aromatic heterocycles. The SMILES string of the molecule is CC1(C)CC1C(=O)Nc1ccc(S(N)(=O)=O)cc1Cl. The lowest BCUT2D eigenvalue weighted by Crippen LogP contribution is -2.17. The molecule has 1 aliphatic rings. The Morgan fingerprint density at radius 3 is 2.47 bits per heavy atom. The molecule has 0 bridgehead atoms. The highest BCUT2D eigenvalue weighted by molar-refractivity contribution is 7.89. The van der Waals surface area contributed by atoms with Crippen LogP contribution in [0, 0.1) is 11.3 Å². The van der Waals surface area contributed by atoms with E-state index in [1.165, 1.54) is 18.2 Å². The molecule has 1 atom stereocenters. The van der Waals surface area contributed by atoms with Crippen molar-refractivity contribution in [2.75, 3.05) is 5.32 Å². The largest absolute Gasteiger partial charge is 0.325 e. The Hall–Kier alpha value is -1.11. The molecule has 0 heterocycles. The van der Waals surface area contributed by atoms with E-state index >= 15 is 0 Å². The average molecular weight is 303 g/mol. The second kappa shape index (κ2) is 4.47. The zero-order valence-corrected chi connectivity index (χ0v) is 12.2. The Morgan fingerprint density at radius 2 is 2.05 bits per heavy atom. The van der Waals surface area contributed by atoms with Gasteiger partial charge in [0.2, 0.25) is 15.9 Å². The summed E-state index contributed by atoms with van der Waals surface area (Å²) in [5, 5.41) is 7.85. The van der Waals surface area contributed by atoms with Gasteiger partial charge in [-0.1, -0.05) is 25.4 Å². The van der Waals surface area contributed by atoms with Gasteiger partial charge in [0.15, 0.2) is 0 Å². The smallest absolute Gasteiger partial charge is 0.238 e. The molecule has 7 heteroatoms. The number of sulfonamides is 1. The first-order chi connectivity index (χ1) is 8.61. The van der Waals surface area contributed by atoms with Crippen LogP contribution in [0.15, 0.2) is 23.1 Å². The van der Waals surface area contributed by atoms with Crippen molar-refractivity contribution in [1.82, 2.24) is 0 Å². The highest BCUT2D eigenvalue weighted by Crippen LogP contribution is 2.52. The number of halogens is 1. The number of nitrogens with two attached hydrogens (primary N) is 1. The molecular weight excluding hydrogens is 288 g/mol. The van der Waals surface area contributed by atoms with E-state index in [1.807, 2.05) is 13.8 Å². The molecule has 0 radical (unpaired) electrons. The lowest BCUT2D eigenvalue weighted by atomic mass is 10.1. The predicted octanol–water partition coefficient (Wildman–Crippen LogP) is 1.97. The van der Waals surface area contributed by atoms with Gasteiger partial charge in [-0.2, -0.15) is 0 Å². The van der Waals surface area contributed by atoms with Gasteiger partial charge in [-0.05, 0) is 30.0 Å². The van der Waals surface area contributed by atoms with Crippen molar-refractivity contribution < 1.29 is 13.2 Å². The number of amides is 1. The van der Waals surface area contributed by atoms with Crippen LogP contribution >= 0.6 is 11.6 Å². The molecule has 0 aliphatic heterocycles. The third kappa shape index (κ3) is 3.08. The van der Waals surface area contributed by atoms with E-state index in [4.69, 9.17) is 16.7 Å². The van der Waals surface area contributed by atoms with Crippen LogP contribution in [0.4, 0.5) is 5.69 Å². The minimum atomic E-state index is -3.79. The van der Waals surface area contributed by atoms with E-state index < -0.39 is 10.0 Å². The number of nitrogens with one attached hydrogen (secondary N) is 1. The lowest BCUT2D eigenvalue weighted by molar-refractivity contribution is -0.118. The fraction of sp³-hybridized carbons (Fsp3) is 0.417. The summed E-state index contributed by atoms with van der Waals surface area (Å²) in [5.41, 5.74) is 0.415. The summed E-state index contributed by atoms with van der Waals surface area (Å²) in [7, 11) is -3.79. The van der Waals surface area contributed by atoms with Gasteiger partial charge in [-0.15, -0.1) is 0 Å². The van der Waals surface area contributed by atoms with Crippen LogP contribution in [0.25, 0.3) is 0 Å². The van der Waals surface area contributed by atoms with E-state index in [0.717, 1.165) is 6.42 Å². The monoisotopic (exact) mass is 302 g/mol. The van der Waals surface area contributed by atoms with E-state index in [2.05, 4.69) is 5.32 Å². The number of hydrogen-bond donors (Lipinski definition) is 2. The summed E-state index contributed by atoms with van der Waals surface area (Å²) >= 11 is 5.94. The molecule has 19 heavy (non-hydrogen) atoms. The van der Waals surface area contributed by atoms with E-state index in [0.29, 0.717) is 5.69 Å². The molecule has 104 valence electrons. The molecule has 5 nitrogen and oxygen atoms in total. The standard InChI is InChI=1S/C12H15ClN2O3S/c1-12(2)6-8(12)11(16)15-10-4-3-7(5-9(10)13)19(14,17)18/h3-5,8H,6H2,1-2H3,(H,15,16)(H2,14,17,18). The van der Waals surface area contributed by atoms with Crippen LogP contribution in [-0.2, 0) is 14.8 Å². The number of carbonyl (C=O) groups excluding carboxylic acids is 1. The average Bonchev–Trinajstić information content (AvgIpc) is 2.89. The number of hydrogen-bond acceptors (Lipinski definition) is 3. The zero-order valence-electron chi connectivity index (χ0n) is 10.6. The maximum absolute atomic E-state index is 11.9. The molecule has 0 spiro atoms. The summed E-state index contributed by atoms with van der Waals surface area (Å²) in [4.78, 5) is 11.8. The van der Waals surface area contributed by atoms with Gasteiger partial charge in [0.05, 0.1) is 15.6 Å². The third-order valence-electron chi connectivity index (χ3n) is 3.36. The van der Waals surface area contributed by atoms with E-state index in [9.17, 15) is 13.2 Å². The van der Waals surface area contributed by atoms with Crippen LogP contribution in [0.3, 0.4) is 0 Å². The molecular formula is C12H15ClN2O3S. The van der Waals surface area contributed by atoms with Crippen molar-refractivity contribution >= 4 is 33.2 Å². The molecule has 1 aliphatic carbocycles. The number of carbonyl (C=O) groups is 1. The summed E-state index contributed by atoms with van der Waals surface area (Å²) in [6.07, 6.45) is 0.839. The van der Waals surface area contributed by atoms with Gasteiger partial charge in [-0.25, -0.2) is 13.6 Å². The van der Waals surface area contributed by atoms with E-state index in [1.54, 1.807) is 0 Å². The zero-order chi connectivity index (χ0) is 14.4. The number of rotatable bonds is 3. The summed E-state index contributed by atoms with van der Waals surface area (Å²) in [6.45, 7) is 4.03. The summed E-state index contributed by atoms with van der Waals surface area (Å²) in [6, 6.07) is 3.98. The molecule has 0 saturated heterocycles. The Kier molecular flexibility index (Phi) is 3.36. The van der Waals surface area contributed by atoms with Gasteiger partial charge in [-0.3, -0.25) is 4.79 Å². The molecule has 1 aromatic rings. The second-order valence-electron chi connectivity index (χ2n) is 5.42. The van der Waals surface area contributed by atoms with Crippen LogP contribution in [0.5, 0.6) is 0 Å². The molecule has 1 aromatic carbocycles. The molecule has 2 rings (SSSR count). The first kappa shape index (κ1) is 14.3. The summed E-state index contributed by atoms with van der Waals surface area (Å²) in [5.74, 6) is -0.128. The molecule has 3 N–H and O–H groups in total. The highest BCUT2D eigenvalue weighted by Gasteiger charge is 2.50. The third-order valence-corrected chi connectivity index (χ3v) is 4.58. The Balaban J connectivity index is 2.17. The predicted molar refractivity (Wildman–Crippen MR) is 73.3 cm³/mol. The number of benzene rings is 1. The van der Waals surface area contributed by atoms with Crippen molar-refractivity contribution in [3.05, 3.63) is 23.2 Å². The Labute approximate surface area is 117 Å². The normalized spacial score (nSPS) is 20.9. The molecule has 1 unspecified atom stereocenters. The van der Waals surface area contributed by atoms with Crippen LogP contribution in [-0.4, -0.2) is 14.3 Å². The number of anilines is 1. The number of primary sulfonamides is 1. The first-order valence-electron chi connectivity index (χ1n) is 5.74. The molecule has 1 fully saturated rings. The Morgan fingerprint density at radius 1 is 1.47 bits per heavy atom. The topological polar surface area (TPSA) is 89.3 Å². The van der Waals surface area contributed by atoms with Crippen molar-refractivity contribution in [2.24, 2.45) is 16.5 Å². The second-order valence-corrected chi connectivity index (χ2v) is 7.39. The van der Waals surface area contributed by atoms with Gasteiger partial charge in [0.25, 0.3) is 0 Å². The van der Waals surface area contributed by atoms with Crippen LogP contribution in [0.2, 0.25) is 5.02 Å². The lowest BCUT2D eigenvalue weighted by Gasteiger charge is -2.09. The van der Waals surface area contributed by atoms with E-state index in [-0.39, 0.29) is 27.2 Å². The maximum Gasteiger partial charge on any atom is 0.238 e. The van der Waals surface area contributed by atoms with Crippen molar-refractivity contribution in [1.29, 1.82) is 0 Å². The quantitative estimate of drug-likeness (QED) is 0.894. The maximum atomic E-state index is 11.9. The van der Waals surface area contributed by atoms with Crippen LogP contribution in [0.1, 0.15) is 20.3 Å². The molecule has 1 amide bonds. The fourth-order valence-electron chi connectivity index (χ4n) is 1.91. The minimum absolute atomic E-state index is 0.0249. The Bertz CT molecular complexity index is 640. The van der Waals surface area contributed by atoms with Gasteiger partial charge in [0.1, 0.15) is 0 Å². The van der Waals surface area contributed by atoms with Gasteiger partial charge in [0, 0.05) is 5.92 Å². The van der Waals surface area contributed by atoms with Crippen LogP contribution < -0.4 is 10.5 Å². The first-order valence-corrected chi connectivity index (χ1v) is 7.67. The van der Waals surface area contributed by atoms with Crippen molar-refractivity contribution in [2.45, 2.75) is 25.2 Å². The fourth-order valence-corrected chi connectivity index (χ4v) is 2.74. The summed E-state index contributed by atoms with van der Waals surface area (Å²) < 4.78 is 22.3. The van der Waals surface area contributed by atoms with Crippen molar-refractivity contribution in [3.63, 3.8) is 0 Å².